The highest BCUT2D eigenvalue weighted by atomic mass is 32.2. The van der Waals surface area contributed by atoms with Crippen LogP contribution in [-0.4, -0.2) is 15.5 Å². The summed E-state index contributed by atoms with van der Waals surface area (Å²) in [5.74, 6) is 1.03. The summed E-state index contributed by atoms with van der Waals surface area (Å²) in [6.45, 7) is 5.95. The molecule has 5 heteroatoms. The first-order valence-corrected chi connectivity index (χ1v) is 9.08. The molecule has 0 aliphatic carbocycles. The van der Waals surface area contributed by atoms with E-state index in [9.17, 15) is 8.42 Å². The summed E-state index contributed by atoms with van der Waals surface area (Å²) in [6.07, 6.45) is 0. The van der Waals surface area contributed by atoms with Crippen LogP contribution in [0.15, 0.2) is 53.4 Å². The Morgan fingerprint density at radius 2 is 1.57 bits per heavy atom. The minimum atomic E-state index is -3.58. The zero-order chi connectivity index (χ0) is 17.0. The van der Waals surface area contributed by atoms with E-state index in [-0.39, 0.29) is 10.9 Å². The molecule has 4 nitrogen and oxygen atoms in total. The highest BCUT2D eigenvalue weighted by Crippen LogP contribution is 2.26. The Balaban J connectivity index is 2.23. The van der Waals surface area contributed by atoms with Crippen molar-refractivity contribution in [2.24, 2.45) is 0 Å². The van der Waals surface area contributed by atoms with Crippen molar-refractivity contribution < 1.29 is 13.2 Å². The van der Waals surface area contributed by atoms with Gasteiger partial charge >= 0.3 is 0 Å². The van der Waals surface area contributed by atoms with Crippen molar-refractivity contribution in [2.45, 2.75) is 37.6 Å². The second-order valence-electron chi connectivity index (χ2n) is 5.81. The number of hydrogen-bond donors (Lipinski definition) is 1. The number of para-hydroxylation sites is 1. The highest BCUT2D eigenvalue weighted by Gasteiger charge is 2.20. The molecule has 23 heavy (non-hydrogen) atoms. The van der Waals surface area contributed by atoms with Crippen molar-refractivity contribution in [3.05, 3.63) is 59.7 Å². The van der Waals surface area contributed by atoms with Crippen molar-refractivity contribution in [1.29, 1.82) is 0 Å². The Morgan fingerprint density at radius 3 is 2.13 bits per heavy atom. The highest BCUT2D eigenvalue weighted by molar-refractivity contribution is 7.89. The largest absolute Gasteiger partial charge is 0.496 e. The maximum Gasteiger partial charge on any atom is 0.241 e. The van der Waals surface area contributed by atoms with Crippen molar-refractivity contribution in [3.63, 3.8) is 0 Å². The topological polar surface area (TPSA) is 55.4 Å². The SMILES string of the molecule is COc1ccccc1C(C)NS(=O)(=O)c1ccc(C(C)C)cc1. The van der Waals surface area contributed by atoms with E-state index in [2.05, 4.69) is 18.6 Å². The first-order chi connectivity index (χ1) is 10.8. The quantitative estimate of drug-likeness (QED) is 0.873. The van der Waals surface area contributed by atoms with E-state index >= 15 is 0 Å². The van der Waals surface area contributed by atoms with Crippen LogP contribution >= 0.6 is 0 Å². The van der Waals surface area contributed by atoms with E-state index < -0.39 is 10.0 Å². The first-order valence-electron chi connectivity index (χ1n) is 7.60. The average Bonchev–Trinajstić information content (AvgIpc) is 2.54. The number of hydrogen-bond acceptors (Lipinski definition) is 3. The minimum absolute atomic E-state index is 0.267. The molecule has 0 spiro atoms. The van der Waals surface area contributed by atoms with Gasteiger partial charge < -0.3 is 4.74 Å². The third kappa shape index (κ3) is 4.12. The molecule has 0 saturated heterocycles. The molecule has 0 radical (unpaired) electrons. The van der Waals surface area contributed by atoms with E-state index in [1.54, 1.807) is 26.2 Å². The van der Waals surface area contributed by atoms with Gasteiger partial charge in [0, 0.05) is 11.6 Å². The molecule has 124 valence electrons. The van der Waals surface area contributed by atoms with Crippen LogP contribution in [0.1, 0.15) is 43.9 Å². The average molecular weight is 333 g/mol. The van der Waals surface area contributed by atoms with Crippen LogP contribution in [0.2, 0.25) is 0 Å². The standard InChI is InChI=1S/C18H23NO3S/c1-13(2)15-9-11-16(12-10-15)23(20,21)19-14(3)17-7-5-6-8-18(17)22-4/h5-14,19H,1-4H3. The second-order valence-corrected chi connectivity index (χ2v) is 7.52. The van der Waals surface area contributed by atoms with Gasteiger partial charge in [0.05, 0.1) is 12.0 Å². The van der Waals surface area contributed by atoms with Crippen molar-refractivity contribution >= 4 is 10.0 Å². The number of methoxy groups -OCH3 is 1. The van der Waals surface area contributed by atoms with Gasteiger partial charge in [-0.15, -0.1) is 0 Å². The molecule has 0 bridgehead atoms. The van der Waals surface area contributed by atoms with E-state index in [1.165, 1.54) is 0 Å². The molecule has 0 heterocycles. The van der Waals surface area contributed by atoms with Crippen molar-refractivity contribution in [2.75, 3.05) is 7.11 Å². The molecule has 0 aliphatic rings. The van der Waals surface area contributed by atoms with E-state index in [1.807, 2.05) is 36.4 Å². The summed E-state index contributed by atoms with van der Waals surface area (Å²) in [5, 5.41) is 0. The molecule has 2 rings (SSSR count). The summed E-state index contributed by atoms with van der Waals surface area (Å²) in [4.78, 5) is 0.267. The Hall–Kier alpha value is -1.85. The number of sulfonamides is 1. The van der Waals surface area contributed by atoms with Gasteiger partial charge in [-0.2, -0.15) is 0 Å². The van der Waals surface area contributed by atoms with E-state index in [4.69, 9.17) is 4.74 Å². The van der Waals surface area contributed by atoms with Gasteiger partial charge in [0.2, 0.25) is 10.0 Å². The lowest BCUT2D eigenvalue weighted by molar-refractivity contribution is 0.405. The molecule has 0 aliphatic heterocycles. The summed E-state index contributed by atoms with van der Waals surface area (Å²) in [5.41, 5.74) is 1.92. The maximum absolute atomic E-state index is 12.5. The van der Waals surface area contributed by atoms with Gasteiger partial charge in [-0.05, 0) is 36.6 Å². The predicted octanol–water partition coefficient (Wildman–Crippen LogP) is 3.86. The van der Waals surface area contributed by atoms with Crippen molar-refractivity contribution in [1.82, 2.24) is 4.72 Å². The zero-order valence-electron chi connectivity index (χ0n) is 13.9. The fourth-order valence-corrected chi connectivity index (χ4v) is 3.64. The van der Waals surface area contributed by atoms with Crippen LogP contribution in [0.25, 0.3) is 0 Å². The van der Waals surface area contributed by atoms with Gasteiger partial charge in [-0.1, -0.05) is 44.2 Å². The lowest BCUT2D eigenvalue weighted by Crippen LogP contribution is -2.27. The van der Waals surface area contributed by atoms with Crippen LogP contribution < -0.4 is 9.46 Å². The lowest BCUT2D eigenvalue weighted by atomic mass is 10.0. The number of benzene rings is 2. The van der Waals surface area contributed by atoms with Crippen LogP contribution in [0, 0.1) is 0 Å². The van der Waals surface area contributed by atoms with Gasteiger partial charge in [-0.25, -0.2) is 13.1 Å². The Morgan fingerprint density at radius 1 is 0.957 bits per heavy atom. The fourth-order valence-electron chi connectivity index (χ4n) is 2.42. The third-order valence-electron chi connectivity index (χ3n) is 3.79. The smallest absolute Gasteiger partial charge is 0.241 e. The number of rotatable bonds is 6. The maximum atomic E-state index is 12.5. The minimum Gasteiger partial charge on any atom is -0.496 e. The molecule has 0 aromatic heterocycles. The first kappa shape index (κ1) is 17.5. The molecule has 2 aromatic carbocycles. The van der Waals surface area contributed by atoms with E-state index in [0.29, 0.717) is 11.7 Å². The zero-order valence-corrected chi connectivity index (χ0v) is 14.7. The van der Waals surface area contributed by atoms with Crippen LogP contribution in [0.4, 0.5) is 0 Å². The second kappa shape index (κ2) is 7.15. The third-order valence-corrected chi connectivity index (χ3v) is 5.35. The molecule has 1 N–H and O–H groups in total. The molecule has 1 atom stereocenters. The summed E-state index contributed by atoms with van der Waals surface area (Å²) in [7, 11) is -2.01. The number of ether oxygens (including phenoxy) is 1. The molecular weight excluding hydrogens is 310 g/mol. The fraction of sp³-hybridized carbons (Fsp3) is 0.333. The van der Waals surface area contributed by atoms with Crippen LogP contribution in [0.5, 0.6) is 5.75 Å². The lowest BCUT2D eigenvalue weighted by Gasteiger charge is -2.17. The Labute approximate surface area is 138 Å². The summed E-state index contributed by atoms with van der Waals surface area (Å²) < 4.78 is 33.1. The van der Waals surface area contributed by atoms with Crippen LogP contribution in [0.3, 0.4) is 0 Å². The molecule has 2 aromatic rings. The van der Waals surface area contributed by atoms with Gasteiger partial charge in [0.15, 0.2) is 0 Å². The Bertz CT molecular complexity index is 752. The van der Waals surface area contributed by atoms with Crippen LogP contribution in [-0.2, 0) is 10.0 Å². The van der Waals surface area contributed by atoms with E-state index in [0.717, 1.165) is 11.1 Å². The predicted molar refractivity (Wildman–Crippen MR) is 92.3 cm³/mol. The molecule has 0 saturated carbocycles. The molecular formula is C18H23NO3S. The number of nitrogens with one attached hydrogen (secondary N) is 1. The molecule has 0 amide bonds. The monoisotopic (exact) mass is 333 g/mol. The van der Waals surface area contributed by atoms with Gasteiger partial charge in [0.25, 0.3) is 0 Å². The normalized spacial score (nSPS) is 13.1. The van der Waals surface area contributed by atoms with Crippen molar-refractivity contribution in [3.8, 4) is 5.75 Å². The molecule has 0 fully saturated rings. The van der Waals surface area contributed by atoms with Gasteiger partial charge in [-0.3, -0.25) is 0 Å². The summed E-state index contributed by atoms with van der Waals surface area (Å²) in [6, 6.07) is 14.0. The molecule has 1 unspecified atom stereocenters. The summed E-state index contributed by atoms with van der Waals surface area (Å²) >= 11 is 0. The van der Waals surface area contributed by atoms with Gasteiger partial charge in [0.1, 0.15) is 5.75 Å². The Kier molecular flexibility index (Phi) is 5.44.